The highest BCUT2D eigenvalue weighted by Gasteiger charge is 2.05. The van der Waals surface area contributed by atoms with Gasteiger partial charge in [0, 0.05) is 24.7 Å². The topological polar surface area (TPSA) is 55.6 Å². The monoisotopic (exact) mass is 285 g/mol. The number of aromatic nitrogens is 2. The van der Waals surface area contributed by atoms with E-state index < -0.39 is 5.82 Å². The first kappa shape index (κ1) is 13.1. The molecule has 1 aromatic carbocycles. The van der Waals surface area contributed by atoms with Crippen LogP contribution in [0.15, 0.2) is 55.0 Å². The van der Waals surface area contributed by atoms with Crippen molar-refractivity contribution in [3.63, 3.8) is 0 Å². The molecule has 3 rings (SSSR count). The number of nitrogens with one attached hydrogen (secondary N) is 1. The number of carbonyl (C=O) groups excluding carboxylic acids is 1. The number of ether oxygens (including phenoxy) is 1. The molecule has 0 aliphatic rings. The van der Waals surface area contributed by atoms with Crippen LogP contribution >= 0.6 is 0 Å². The number of anilines is 1. The second-order valence-corrected chi connectivity index (χ2v) is 4.40. The zero-order chi connectivity index (χ0) is 14.7. The SMILES string of the molecule is O=C(COc1cccc(F)c1)Nc1ccc2nccn2c1. The highest BCUT2D eigenvalue weighted by Crippen LogP contribution is 2.12. The summed E-state index contributed by atoms with van der Waals surface area (Å²) in [6.45, 7) is -0.189. The minimum Gasteiger partial charge on any atom is -0.484 e. The first-order valence-electron chi connectivity index (χ1n) is 6.32. The lowest BCUT2D eigenvalue weighted by atomic mass is 10.3. The Morgan fingerprint density at radius 2 is 2.24 bits per heavy atom. The van der Waals surface area contributed by atoms with Crippen LogP contribution in [-0.2, 0) is 4.79 Å². The number of halogens is 1. The first-order valence-corrected chi connectivity index (χ1v) is 6.32. The molecule has 0 fully saturated rings. The number of nitrogens with zero attached hydrogens (tertiary/aromatic N) is 2. The van der Waals surface area contributed by atoms with Crippen LogP contribution in [0.4, 0.5) is 10.1 Å². The molecule has 0 atom stereocenters. The number of hydrogen-bond acceptors (Lipinski definition) is 3. The number of amides is 1. The largest absolute Gasteiger partial charge is 0.484 e. The zero-order valence-electron chi connectivity index (χ0n) is 11.0. The normalized spacial score (nSPS) is 10.5. The van der Waals surface area contributed by atoms with E-state index >= 15 is 0 Å². The predicted octanol–water partition coefficient (Wildman–Crippen LogP) is 2.49. The molecule has 1 amide bonds. The molecule has 5 nitrogen and oxygen atoms in total. The number of benzene rings is 1. The number of pyridine rings is 1. The Morgan fingerprint density at radius 3 is 3.10 bits per heavy atom. The molecule has 2 aromatic heterocycles. The summed E-state index contributed by atoms with van der Waals surface area (Å²) in [6.07, 6.45) is 5.21. The van der Waals surface area contributed by atoms with E-state index in [1.54, 1.807) is 41.2 Å². The molecule has 0 aliphatic heterocycles. The van der Waals surface area contributed by atoms with E-state index in [1.165, 1.54) is 18.2 Å². The lowest BCUT2D eigenvalue weighted by Crippen LogP contribution is -2.20. The van der Waals surface area contributed by atoms with Crippen molar-refractivity contribution in [1.82, 2.24) is 9.38 Å². The summed E-state index contributed by atoms with van der Waals surface area (Å²) < 4.78 is 20.0. The molecule has 0 unspecified atom stereocenters. The van der Waals surface area contributed by atoms with Crippen LogP contribution in [0.5, 0.6) is 5.75 Å². The number of fused-ring (bicyclic) bond motifs is 1. The van der Waals surface area contributed by atoms with E-state index in [0.29, 0.717) is 11.4 Å². The lowest BCUT2D eigenvalue weighted by Gasteiger charge is -2.08. The van der Waals surface area contributed by atoms with Gasteiger partial charge in [-0.15, -0.1) is 0 Å². The average Bonchev–Trinajstić information content (AvgIpc) is 2.93. The summed E-state index contributed by atoms with van der Waals surface area (Å²) in [5.41, 5.74) is 1.43. The van der Waals surface area contributed by atoms with Crippen molar-refractivity contribution in [2.24, 2.45) is 0 Å². The fourth-order valence-electron chi connectivity index (χ4n) is 1.90. The van der Waals surface area contributed by atoms with E-state index in [-0.39, 0.29) is 12.5 Å². The molecule has 6 heteroatoms. The van der Waals surface area contributed by atoms with Gasteiger partial charge in [-0.25, -0.2) is 9.37 Å². The van der Waals surface area contributed by atoms with Crippen molar-refractivity contribution in [2.75, 3.05) is 11.9 Å². The Kier molecular flexibility index (Phi) is 3.51. The van der Waals surface area contributed by atoms with Gasteiger partial charge in [0.2, 0.25) is 0 Å². The maximum Gasteiger partial charge on any atom is 0.262 e. The first-order chi connectivity index (χ1) is 10.2. The van der Waals surface area contributed by atoms with Crippen molar-refractivity contribution < 1.29 is 13.9 Å². The summed E-state index contributed by atoms with van der Waals surface area (Å²) >= 11 is 0. The Balaban J connectivity index is 1.60. The summed E-state index contributed by atoms with van der Waals surface area (Å²) in [5, 5.41) is 2.70. The van der Waals surface area contributed by atoms with Gasteiger partial charge in [-0.3, -0.25) is 4.79 Å². The van der Waals surface area contributed by atoms with E-state index in [2.05, 4.69) is 10.3 Å². The predicted molar refractivity (Wildman–Crippen MR) is 75.7 cm³/mol. The second kappa shape index (κ2) is 5.62. The summed E-state index contributed by atoms with van der Waals surface area (Å²) in [4.78, 5) is 15.9. The molecule has 106 valence electrons. The summed E-state index contributed by atoms with van der Waals surface area (Å²) in [6, 6.07) is 9.20. The molecular formula is C15H12FN3O2. The fraction of sp³-hybridized carbons (Fsp3) is 0.0667. The van der Waals surface area contributed by atoms with Crippen LogP contribution in [-0.4, -0.2) is 21.9 Å². The van der Waals surface area contributed by atoms with Gasteiger partial charge in [0.05, 0.1) is 5.69 Å². The Labute approximate surface area is 120 Å². The van der Waals surface area contributed by atoms with Crippen molar-refractivity contribution in [3.05, 3.63) is 60.8 Å². The summed E-state index contributed by atoms with van der Waals surface area (Å²) in [5.74, 6) is -0.410. The zero-order valence-corrected chi connectivity index (χ0v) is 11.0. The third-order valence-corrected chi connectivity index (χ3v) is 2.84. The van der Waals surface area contributed by atoms with E-state index in [9.17, 15) is 9.18 Å². The lowest BCUT2D eigenvalue weighted by molar-refractivity contribution is -0.118. The maximum atomic E-state index is 13.0. The second-order valence-electron chi connectivity index (χ2n) is 4.40. The quantitative estimate of drug-likeness (QED) is 0.801. The number of hydrogen-bond donors (Lipinski definition) is 1. The van der Waals surface area contributed by atoms with E-state index in [4.69, 9.17) is 4.74 Å². The van der Waals surface area contributed by atoms with Crippen molar-refractivity contribution >= 4 is 17.2 Å². The molecule has 21 heavy (non-hydrogen) atoms. The van der Waals surface area contributed by atoms with Crippen LogP contribution in [0.3, 0.4) is 0 Å². The van der Waals surface area contributed by atoms with Gasteiger partial charge in [0.15, 0.2) is 6.61 Å². The highest BCUT2D eigenvalue weighted by atomic mass is 19.1. The fourth-order valence-corrected chi connectivity index (χ4v) is 1.90. The van der Waals surface area contributed by atoms with E-state index in [0.717, 1.165) is 5.65 Å². The number of carbonyl (C=O) groups is 1. The molecule has 3 aromatic rings. The van der Waals surface area contributed by atoms with E-state index in [1.807, 2.05) is 0 Å². The Bertz CT molecular complexity index is 785. The maximum absolute atomic E-state index is 13.0. The third-order valence-electron chi connectivity index (χ3n) is 2.84. The van der Waals surface area contributed by atoms with Gasteiger partial charge in [0.25, 0.3) is 5.91 Å². The third kappa shape index (κ3) is 3.17. The van der Waals surface area contributed by atoms with Crippen LogP contribution in [0.1, 0.15) is 0 Å². The van der Waals surface area contributed by atoms with Crippen LogP contribution < -0.4 is 10.1 Å². The van der Waals surface area contributed by atoms with Crippen LogP contribution in [0.25, 0.3) is 5.65 Å². The number of rotatable bonds is 4. The molecule has 0 aliphatic carbocycles. The minimum atomic E-state index is -0.404. The average molecular weight is 285 g/mol. The molecular weight excluding hydrogens is 273 g/mol. The van der Waals surface area contributed by atoms with Crippen LogP contribution in [0.2, 0.25) is 0 Å². The number of imidazole rings is 1. The van der Waals surface area contributed by atoms with Gasteiger partial charge < -0.3 is 14.5 Å². The molecule has 0 radical (unpaired) electrons. The summed E-state index contributed by atoms with van der Waals surface area (Å²) in [7, 11) is 0. The molecule has 0 saturated heterocycles. The molecule has 0 bridgehead atoms. The van der Waals surface area contributed by atoms with Gasteiger partial charge in [-0.2, -0.15) is 0 Å². The Morgan fingerprint density at radius 1 is 1.33 bits per heavy atom. The molecule has 0 spiro atoms. The van der Waals surface area contributed by atoms with Gasteiger partial charge in [0.1, 0.15) is 17.2 Å². The van der Waals surface area contributed by atoms with Gasteiger partial charge >= 0.3 is 0 Å². The van der Waals surface area contributed by atoms with Crippen LogP contribution in [0, 0.1) is 5.82 Å². The highest BCUT2D eigenvalue weighted by molar-refractivity contribution is 5.91. The molecule has 2 heterocycles. The smallest absolute Gasteiger partial charge is 0.262 e. The molecule has 0 saturated carbocycles. The molecule has 1 N–H and O–H groups in total. The minimum absolute atomic E-state index is 0.189. The van der Waals surface area contributed by atoms with Gasteiger partial charge in [-0.05, 0) is 24.3 Å². The van der Waals surface area contributed by atoms with Crippen molar-refractivity contribution in [1.29, 1.82) is 0 Å². The van der Waals surface area contributed by atoms with Crippen molar-refractivity contribution in [3.8, 4) is 5.75 Å². The van der Waals surface area contributed by atoms with Crippen molar-refractivity contribution in [2.45, 2.75) is 0 Å². The standard InChI is InChI=1S/C15H12FN3O2/c16-11-2-1-3-13(8-11)21-10-15(20)18-12-4-5-14-17-6-7-19(14)9-12/h1-9H,10H2,(H,18,20). The Hall–Kier alpha value is -2.89. The van der Waals surface area contributed by atoms with Gasteiger partial charge in [-0.1, -0.05) is 6.07 Å².